The van der Waals surface area contributed by atoms with Crippen molar-refractivity contribution in [3.8, 4) is 11.5 Å². The third-order valence-corrected chi connectivity index (χ3v) is 3.05. The van der Waals surface area contributed by atoms with Gasteiger partial charge in [-0.15, -0.1) is 0 Å². The van der Waals surface area contributed by atoms with Crippen molar-refractivity contribution in [1.82, 2.24) is 0 Å². The first-order valence-corrected chi connectivity index (χ1v) is 5.30. The molecule has 1 aromatic carbocycles. The van der Waals surface area contributed by atoms with Crippen molar-refractivity contribution >= 4 is 5.97 Å². The molecule has 0 atom stereocenters. The van der Waals surface area contributed by atoms with Gasteiger partial charge >= 0.3 is 5.97 Å². The van der Waals surface area contributed by atoms with Crippen LogP contribution in [0.4, 0.5) is 0 Å². The molecule has 0 aliphatic heterocycles. The van der Waals surface area contributed by atoms with E-state index in [9.17, 15) is 4.79 Å². The highest BCUT2D eigenvalue weighted by Crippen LogP contribution is 2.49. The zero-order valence-corrected chi connectivity index (χ0v) is 9.82. The summed E-state index contributed by atoms with van der Waals surface area (Å²) in [5, 5.41) is 9.04. The van der Waals surface area contributed by atoms with Gasteiger partial charge < -0.3 is 20.3 Å². The van der Waals surface area contributed by atoms with E-state index in [1.165, 1.54) is 20.3 Å². The average Bonchev–Trinajstić information content (AvgIpc) is 3.06. The van der Waals surface area contributed by atoms with Crippen molar-refractivity contribution in [2.75, 3.05) is 14.2 Å². The third kappa shape index (κ3) is 1.93. The summed E-state index contributed by atoms with van der Waals surface area (Å²) >= 11 is 0. The number of aromatic carboxylic acids is 1. The van der Waals surface area contributed by atoms with E-state index in [1.807, 2.05) is 0 Å². The Bertz CT molecular complexity index is 466. The van der Waals surface area contributed by atoms with Crippen LogP contribution in [0.25, 0.3) is 0 Å². The lowest BCUT2D eigenvalue weighted by Gasteiger charge is -2.18. The standard InChI is InChI=1S/C12H15NO4/c1-16-9-6-7(11(14)15)5-8(10(9)17-2)12(13)3-4-12/h5-6H,3-4,13H2,1-2H3,(H,14,15). The number of nitrogens with two attached hydrogens (primary N) is 1. The Morgan fingerprint density at radius 2 is 2.00 bits per heavy atom. The third-order valence-electron chi connectivity index (χ3n) is 3.05. The van der Waals surface area contributed by atoms with Crippen LogP contribution in [-0.2, 0) is 5.54 Å². The molecule has 0 spiro atoms. The Morgan fingerprint density at radius 1 is 1.35 bits per heavy atom. The van der Waals surface area contributed by atoms with Crippen LogP contribution < -0.4 is 15.2 Å². The number of rotatable bonds is 4. The molecule has 1 aromatic rings. The van der Waals surface area contributed by atoms with Crippen LogP contribution >= 0.6 is 0 Å². The lowest BCUT2D eigenvalue weighted by Crippen LogP contribution is -2.20. The molecule has 1 aliphatic rings. The largest absolute Gasteiger partial charge is 0.493 e. The first kappa shape index (κ1) is 11.7. The summed E-state index contributed by atoms with van der Waals surface area (Å²) in [4.78, 5) is 11.0. The van der Waals surface area contributed by atoms with Gasteiger partial charge in [0.25, 0.3) is 0 Å². The molecule has 1 aliphatic carbocycles. The molecule has 0 heterocycles. The zero-order valence-electron chi connectivity index (χ0n) is 9.82. The van der Waals surface area contributed by atoms with Crippen molar-refractivity contribution < 1.29 is 19.4 Å². The Labute approximate surface area is 99.1 Å². The number of methoxy groups -OCH3 is 2. The van der Waals surface area contributed by atoms with Crippen LogP contribution in [0.2, 0.25) is 0 Å². The van der Waals surface area contributed by atoms with Gasteiger partial charge in [0.1, 0.15) is 0 Å². The Hall–Kier alpha value is -1.75. The maximum Gasteiger partial charge on any atom is 0.335 e. The van der Waals surface area contributed by atoms with Gasteiger partial charge in [0, 0.05) is 11.1 Å². The molecule has 3 N–H and O–H groups in total. The molecule has 1 fully saturated rings. The van der Waals surface area contributed by atoms with E-state index in [-0.39, 0.29) is 5.56 Å². The summed E-state index contributed by atoms with van der Waals surface area (Å²) in [5.41, 5.74) is 6.51. The second-order valence-corrected chi connectivity index (χ2v) is 4.22. The molecule has 0 bridgehead atoms. The Balaban J connectivity index is 2.61. The monoisotopic (exact) mass is 237 g/mol. The zero-order chi connectivity index (χ0) is 12.6. The lowest BCUT2D eigenvalue weighted by atomic mass is 10.0. The minimum absolute atomic E-state index is 0.161. The quantitative estimate of drug-likeness (QED) is 0.826. The molecule has 1 saturated carbocycles. The Kier molecular flexibility index (Phi) is 2.71. The van der Waals surface area contributed by atoms with E-state index in [1.54, 1.807) is 6.07 Å². The van der Waals surface area contributed by atoms with Crippen LogP contribution in [0, 0.1) is 0 Å². The van der Waals surface area contributed by atoms with Gasteiger partial charge in [0.2, 0.25) is 0 Å². The molecule has 17 heavy (non-hydrogen) atoms. The van der Waals surface area contributed by atoms with Crippen LogP contribution in [0.3, 0.4) is 0 Å². The number of benzene rings is 1. The smallest absolute Gasteiger partial charge is 0.335 e. The van der Waals surface area contributed by atoms with Crippen LogP contribution in [0.5, 0.6) is 11.5 Å². The summed E-state index contributed by atoms with van der Waals surface area (Å²) in [6, 6.07) is 3.01. The van der Waals surface area contributed by atoms with Gasteiger partial charge in [-0.1, -0.05) is 0 Å². The van der Waals surface area contributed by atoms with Gasteiger partial charge in [0.15, 0.2) is 11.5 Å². The molecular weight excluding hydrogens is 222 g/mol. The molecule has 0 saturated heterocycles. The van der Waals surface area contributed by atoms with Gasteiger partial charge in [-0.05, 0) is 25.0 Å². The van der Waals surface area contributed by atoms with Crippen LogP contribution in [0.15, 0.2) is 12.1 Å². The summed E-state index contributed by atoms with van der Waals surface area (Å²) in [5.74, 6) is -0.0759. The fourth-order valence-corrected chi connectivity index (χ4v) is 1.86. The molecule has 0 aromatic heterocycles. The van der Waals surface area contributed by atoms with Crippen molar-refractivity contribution in [2.45, 2.75) is 18.4 Å². The van der Waals surface area contributed by atoms with Crippen LogP contribution in [-0.4, -0.2) is 25.3 Å². The van der Waals surface area contributed by atoms with Crippen molar-refractivity contribution in [3.63, 3.8) is 0 Å². The number of carbonyl (C=O) groups is 1. The van der Waals surface area contributed by atoms with Gasteiger partial charge in [-0.2, -0.15) is 0 Å². The Morgan fingerprint density at radius 3 is 2.41 bits per heavy atom. The maximum absolute atomic E-state index is 11.0. The molecule has 0 amide bonds. The average molecular weight is 237 g/mol. The van der Waals surface area contributed by atoms with E-state index >= 15 is 0 Å². The molecule has 0 unspecified atom stereocenters. The second-order valence-electron chi connectivity index (χ2n) is 4.22. The fraction of sp³-hybridized carbons (Fsp3) is 0.417. The number of carboxylic acid groups (broad SMARTS) is 1. The molecule has 92 valence electrons. The van der Waals surface area contributed by atoms with Crippen molar-refractivity contribution in [3.05, 3.63) is 23.3 Å². The first-order valence-electron chi connectivity index (χ1n) is 5.30. The highest BCUT2D eigenvalue weighted by molar-refractivity contribution is 5.89. The molecule has 0 radical (unpaired) electrons. The summed E-state index contributed by atoms with van der Waals surface area (Å²) in [6.07, 6.45) is 1.66. The first-order chi connectivity index (χ1) is 8.01. The fourth-order valence-electron chi connectivity index (χ4n) is 1.86. The van der Waals surface area contributed by atoms with Gasteiger partial charge in [-0.25, -0.2) is 4.79 Å². The number of hydrogen-bond donors (Lipinski definition) is 2. The second kappa shape index (κ2) is 3.92. The topological polar surface area (TPSA) is 81.8 Å². The number of ether oxygens (including phenoxy) is 2. The minimum atomic E-state index is -1.00. The minimum Gasteiger partial charge on any atom is -0.493 e. The van der Waals surface area contributed by atoms with Gasteiger partial charge in [0.05, 0.1) is 19.8 Å². The molecule has 2 rings (SSSR count). The summed E-state index contributed by atoms with van der Waals surface area (Å²) in [6.45, 7) is 0. The normalized spacial score (nSPS) is 16.4. The van der Waals surface area contributed by atoms with E-state index in [0.717, 1.165) is 12.8 Å². The van der Waals surface area contributed by atoms with Crippen molar-refractivity contribution in [1.29, 1.82) is 0 Å². The van der Waals surface area contributed by atoms with Crippen molar-refractivity contribution in [2.24, 2.45) is 5.73 Å². The summed E-state index contributed by atoms with van der Waals surface area (Å²) < 4.78 is 10.4. The van der Waals surface area contributed by atoms with Gasteiger partial charge in [-0.3, -0.25) is 0 Å². The molecular formula is C12H15NO4. The summed E-state index contributed by atoms with van der Waals surface area (Å²) in [7, 11) is 3.00. The van der Waals surface area contributed by atoms with E-state index in [4.69, 9.17) is 20.3 Å². The SMILES string of the molecule is COc1cc(C(=O)O)cc(C2(N)CC2)c1OC. The molecule has 5 heteroatoms. The van der Waals surface area contributed by atoms with E-state index in [2.05, 4.69) is 0 Å². The predicted octanol–water partition coefficient (Wildman–Crippen LogP) is 1.35. The van der Waals surface area contributed by atoms with E-state index in [0.29, 0.717) is 17.1 Å². The predicted molar refractivity (Wildman–Crippen MR) is 61.6 cm³/mol. The van der Waals surface area contributed by atoms with E-state index < -0.39 is 11.5 Å². The maximum atomic E-state index is 11.0. The number of hydrogen-bond acceptors (Lipinski definition) is 4. The lowest BCUT2D eigenvalue weighted by molar-refractivity contribution is 0.0696. The number of carboxylic acids is 1. The molecule has 5 nitrogen and oxygen atoms in total. The highest BCUT2D eigenvalue weighted by Gasteiger charge is 2.43. The highest BCUT2D eigenvalue weighted by atomic mass is 16.5. The van der Waals surface area contributed by atoms with Crippen LogP contribution in [0.1, 0.15) is 28.8 Å².